The van der Waals surface area contributed by atoms with Gasteiger partial charge in [-0.1, -0.05) is 6.58 Å². The van der Waals surface area contributed by atoms with Crippen LogP contribution in [0.4, 0.5) is 16.2 Å². The number of halogens is 1. The lowest BCUT2D eigenvalue weighted by molar-refractivity contribution is -0.0308. The van der Waals surface area contributed by atoms with Crippen LogP contribution in [-0.4, -0.2) is 50.5 Å². The second-order valence-electron chi connectivity index (χ2n) is 5.61. The third-order valence-electron chi connectivity index (χ3n) is 3.68. The summed E-state index contributed by atoms with van der Waals surface area (Å²) in [7, 11) is 3.58. The molecule has 0 bridgehead atoms. The van der Waals surface area contributed by atoms with Crippen LogP contribution < -0.4 is 10.6 Å². The SMILES string of the molecule is C=C1O[C@@H](n2cnc3c(N(C)C)nc(N)nc32)[C@](C)(F)[C@@H]1O. The second-order valence-corrected chi connectivity index (χ2v) is 5.61. The molecule has 0 aliphatic carbocycles. The predicted octanol–water partition coefficient (Wildman–Crippen LogP) is 0.606. The first-order valence-corrected chi connectivity index (χ1v) is 6.63. The molecule has 1 aliphatic heterocycles. The number of alkyl halides is 1. The van der Waals surface area contributed by atoms with E-state index in [-0.39, 0.29) is 11.7 Å². The van der Waals surface area contributed by atoms with Crippen molar-refractivity contribution in [2.75, 3.05) is 24.7 Å². The summed E-state index contributed by atoms with van der Waals surface area (Å²) in [6, 6.07) is 0. The Morgan fingerprint density at radius 1 is 1.50 bits per heavy atom. The maximum Gasteiger partial charge on any atom is 0.224 e. The molecule has 0 saturated carbocycles. The third-order valence-corrected chi connectivity index (χ3v) is 3.68. The lowest BCUT2D eigenvalue weighted by Gasteiger charge is -2.23. The summed E-state index contributed by atoms with van der Waals surface area (Å²) >= 11 is 0. The smallest absolute Gasteiger partial charge is 0.224 e. The molecule has 118 valence electrons. The average molecular weight is 308 g/mol. The summed E-state index contributed by atoms with van der Waals surface area (Å²) in [6.45, 7) is 4.76. The molecular weight excluding hydrogens is 291 g/mol. The van der Waals surface area contributed by atoms with Gasteiger partial charge < -0.3 is 20.5 Å². The molecular formula is C13H17FN6O2. The Bertz CT molecular complexity index is 756. The van der Waals surface area contributed by atoms with Gasteiger partial charge in [0.15, 0.2) is 22.7 Å². The van der Waals surface area contributed by atoms with Crippen LogP contribution in [0.2, 0.25) is 0 Å². The standard InChI is InChI=1S/C13H17FN6O2/c1-6-8(21)13(2,14)11(22-6)20-5-16-7-9(19(3)4)17-12(15)18-10(7)20/h5,8,11,21H,1H2,2-4H3,(H2,15,17,18)/t8-,11-,13-/m1/s1. The number of rotatable bonds is 2. The number of aliphatic hydroxyl groups excluding tert-OH is 1. The Morgan fingerprint density at radius 3 is 2.73 bits per heavy atom. The van der Waals surface area contributed by atoms with Crippen LogP contribution in [0.3, 0.4) is 0 Å². The van der Waals surface area contributed by atoms with E-state index < -0.39 is 18.0 Å². The summed E-state index contributed by atoms with van der Waals surface area (Å²) in [5.41, 5.74) is 4.44. The number of fused-ring (bicyclic) bond motifs is 1. The van der Waals surface area contributed by atoms with Crippen LogP contribution in [0.15, 0.2) is 18.7 Å². The van der Waals surface area contributed by atoms with Crippen molar-refractivity contribution in [1.29, 1.82) is 0 Å². The highest BCUT2D eigenvalue weighted by Gasteiger charge is 2.53. The number of nitrogens with two attached hydrogens (primary N) is 1. The lowest BCUT2D eigenvalue weighted by atomic mass is 10.0. The number of hydrogen-bond donors (Lipinski definition) is 2. The van der Waals surface area contributed by atoms with Crippen LogP contribution in [0.1, 0.15) is 13.2 Å². The van der Waals surface area contributed by atoms with E-state index in [1.165, 1.54) is 17.8 Å². The van der Waals surface area contributed by atoms with Crippen LogP contribution in [0, 0.1) is 0 Å². The highest BCUT2D eigenvalue weighted by Crippen LogP contribution is 2.43. The molecule has 3 rings (SSSR count). The van der Waals surface area contributed by atoms with E-state index in [1.54, 1.807) is 19.0 Å². The molecule has 3 atom stereocenters. The van der Waals surface area contributed by atoms with Crippen molar-refractivity contribution in [2.45, 2.75) is 24.9 Å². The van der Waals surface area contributed by atoms with Crippen molar-refractivity contribution in [3.05, 3.63) is 18.7 Å². The van der Waals surface area contributed by atoms with E-state index in [4.69, 9.17) is 10.5 Å². The zero-order valence-corrected chi connectivity index (χ0v) is 12.5. The lowest BCUT2D eigenvalue weighted by Crippen LogP contribution is -2.36. The summed E-state index contributed by atoms with van der Waals surface area (Å²) in [4.78, 5) is 14.2. The normalized spacial score (nSPS) is 28.1. The topological polar surface area (TPSA) is 102 Å². The van der Waals surface area contributed by atoms with E-state index >= 15 is 0 Å². The maximum atomic E-state index is 14.8. The molecule has 2 aromatic rings. The monoisotopic (exact) mass is 308 g/mol. The van der Waals surface area contributed by atoms with Gasteiger partial charge in [0.05, 0.1) is 0 Å². The Balaban J connectivity index is 2.19. The van der Waals surface area contributed by atoms with Gasteiger partial charge in [-0.15, -0.1) is 0 Å². The van der Waals surface area contributed by atoms with E-state index in [1.807, 2.05) is 0 Å². The molecule has 2 aromatic heterocycles. The van der Waals surface area contributed by atoms with Crippen LogP contribution >= 0.6 is 0 Å². The predicted molar refractivity (Wildman–Crippen MR) is 78.8 cm³/mol. The van der Waals surface area contributed by atoms with Gasteiger partial charge in [0.25, 0.3) is 0 Å². The first kappa shape index (κ1) is 14.5. The van der Waals surface area contributed by atoms with Gasteiger partial charge in [-0.25, -0.2) is 9.37 Å². The minimum Gasteiger partial charge on any atom is -0.469 e. The fourth-order valence-electron chi connectivity index (χ4n) is 2.50. The molecule has 3 N–H and O–H groups in total. The number of imidazole rings is 1. The molecule has 1 fully saturated rings. The highest BCUT2D eigenvalue weighted by molar-refractivity contribution is 5.84. The molecule has 0 spiro atoms. The van der Waals surface area contributed by atoms with Crippen molar-refractivity contribution in [3.63, 3.8) is 0 Å². The van der Waals surface area contributed by atoms with Crippen molar-refractivity contribution >= 4 is 22.9 Å². The number of aromatic nitrogens is 4. The van der Waals surface area contributed by atoms with Crippen molar-refractivity contribution < 1.29 is 14.2 Å². The molecule has 0 unspecified atom stereocenters. The van der Waals surface area contributed by atoms with Gasteiger partial charge in [-0.3, -0.25) is 4.57 Å². The molecule has 0 amide bonds. The fraction of sp³-hybridized carbons (Fsp3) is 0.462. The van der Waals surface area contributed by atoms with Gasteiger partial charge in [0.1, 0.15) is 18.2 Å². The van der Waals surface area contributed by atoms with Gasteiger partial charge in [-0.05, 0) is 6.92 Å². The first-order chi connectivity index (χ1) is 10.2. The van der Waals surface area contributed by atoms with Crippen LogP contribution in [0.5, 0.6) is 0 Å². The maximum absolute atomic E-state index is 14.8. The Morgan fingerprint density at radius 2 is 2.18 bits per heavy atom. The molecule has 1 aliphatic rings. The number of hydrogen-bond acceptors (Lipinski definition) is 7. The average Bonchev–Trinajstić information content (AvgIpc) is 2.92. The van der Waals surface area contributed by atoms with Crippen molar-refractivity contribution in [3.8, 4) is 0 Å². The van der Waals surface area contributed by atoms with Crippen molar-refractivity contribution in [1.82, 2.24) is 19.5 Å². The minimum absolute atomic E-state index is 0.0355. The molecule has 9 heteroatoms. The second kappa shape index (κ2) is 4.54. The largest absolute Gasteiger partial charge is 0.469 e. The minimum atomic E-state index is -2.07. The fourth-order valence-corrected chi connectivity index (χ4v) is 2.50. The Kier molecular flexibility index (Phi) is 2.99. The van der Waals surface area contributed by atoms with Gasteiger partial charge in [-0.2, -0.15) is 9.97 Å². The quantitative estimate of drug-likeness (QED) is 0.837. The molecule has 0 radical (unpaired) electrons. The third kappa shape index (κ3) is 1.89. The number of nitrogens with zero attached hydrogens (tertiary/aromatic N) is 5. The zero-order chi connectivity index (χ0) is 16.2. The number of nitrogen functional groups attached to an aromatic ring is 1. The summed E-state index contributed by atoms with van der Waals surface area (Å²) in [5.74, 6) is 0.516. The Labute approximate surface area is 126 Å². The molecule has 22 heavy (non-hydrogen) atoms. The van der Waals surface area contributed by atoms with Crippen LogP contribution in [-0.2, 0) is 4.74 Å². The molecule has 3 heterocycles. The van der Waals surface area contributed by atoms with Gasteiger partial charge >= 0.3 is 0 Å². The molecule has 0 aromatic carbocycles. The molecule has 8 nitrogen and oxygen atoms in total. The Hall–Kier alpha value is -2.42. The number of aliphatic hydroxyl groups is 1. The summed E-state index contributed by atoms with van der Waals surface area (Å²) < 4.78 is 21.6. The van der Waals surface area contributed by atoms with Crippen molar-refractivity contribution in [2.24, 2.45) is 0 Å². The summed E-state index contributed by atoms with van der Waals surface area (Å²) in [5, 5.41) is 9.87. The number of anilines is 2. The van der Waals surface area contributed by atoms with Gasteiger partial charge in [0, 0.05) is 14.1 Å². The van der Waals surface area contributed by atoms with E-state index in [2.05, 4.69) is 21.5 Å². The van der Waals surface area contributed by atoms with Crippen LogP contribution in [0.25, 0.3) is 11.2 Å². The van der Waals surface area contributed by atoms with E-state index in [9.17, 15) is 9.50 Å². The number of ether oxygens (including phenoxy) is 1. The van der Waals surface area contributed by atoms with E-state index in [0.717, 1.165) is 0 Å². The van der Waals surface area contributed by atoms with E-state index in [0.29, 0.717) is 17.0 Å². The highest BCUT2D eigenvalue weighted by atomic mass is 19.1. The molecule has 1 saturated heterocycles. The zero-order valence-electron chi connectivity index (χ0n) is 12.5. The first-order valence-electron chi connectivity index (χ1n) is 6.63. The van der Waals surface area contributed by atoms with Gasteiger partial charge in [0.2, 0.25) is 12.2 Å². The summed E-state index contributed by atoms with van der Waals surface area (Å²) in [6.07, 6.45) is -1.17.